The molecule has 0 aliphatic carbocycles. The molecular formula is C28H21N3O4. The van der Waals surface area contributed by atoms with Gasteiger partial charge in [0.25, 0.3) is 0 Å². The van der Waals surface area contributed by atoms with E-state index in [0.717, 1.165) is 11.1 Å². The Morgan fingerprint density at radius 1 is 1.03 bits per heavy atom. The van der Waals surface area contributed by atoms with Gasteiger partial charge in [0.15, 0.2) is 0 Å². The van der Waals surface area contributed by atoms with Crippen LogP contribution in [0.25, 0.3) is 27.9 Å². The number of esters is 1. The van der Waals surface area contributed by atoms with Crippen molar-refractivity contribution in [2.24, 2.45) is 4.99 Å². The topological polar surface area (TPSA) is 86.7 Å². The molecule has 172 valence electrons. The molecule has 2 aromatic heterocycles. The molecule has 0 spiro atoms. The summed E-state index contributed by atoms with van der Waals surface area (Å²) in [5, 5.41) is 5.49. The molecule has 3 aromatic carbocycles. The van der Waals surface area contributed by atoms with Gasteiger partial charge < -0.3 is 9.15 Å². The molecule has 5 aromatic rings. The third-order valence-electron chi connectivity index (χ3n) is 5.39. The van der Waals surface area contributed by atoms with Gasteiger partial charge in [-0.1, -0.05) is 36.4 Å². The second kappa shape index (κ2) is 9.61. The molecule has 0 fully saturated rings. The van der Waals surface area contributed by atoms with Gasteiger partial charge >= 0.3 is 11.6 Å². The van der Waals surface area contributed by atoms with Crippen LogP contribution in [0.4, 0.5) is 5.69 Å². The number of carbonyl (C=O) groups is 1. The summed E-state index contributed by atoms with van der Waals surface area (Å²) < 4.78 is 12.3. The number of benzene rings is 3. The van der Waals surface area contributed by atoms with Crippen LogP contribution in [0, 0.1) is 0 Å². The average molecular weight is 463 g/mol. The zero-order valence-electron chi connectivity index (χ0n) is 18.9. The lowest BCUT2D eigenvalue weighted by atomic mass is 10.1. The standard InChI is InChI=1S/C28H21N3O4/c1-2-34-27(32)19-12-14-22(15-13-19)29-17-21-18-31(23-9-4-3-5-10-23)30-26(21)24-16-20-8-6-7-11-25(20)35-28(24)33/h3-18H,2H2,1H3. The fourth-order valence-corrected chi connectivity index (χ4v) is 3.67. The smallest absolute Gasteiger partial charge is 0.345 e. The van der Waals surface area contributed by atoms with Crippen molar-refractivity contribution in [3.63, 3.8) is 0 Å². The minimum Gasteiger partial charge on any atom is -0.462 e. The number of aliphatic imine (C=N–C) groups is 1. The first-order valence-electron chi connectivity index (χ1n) is 11.1. The van der Waals surface area contributed by atoms with Gasteiger partial charge in [0, 0.05) is 23.4 Å². The van der Waals surface area contributed by atoms with Crippen molar-refractivity contribution in [1.29, 1.82) is 0 Å². The Balaban J connectivity index is 1.56. The summed E-state index contributed by atoms with van der Waals surface area (Å²) in [5.41, 5.74) is 3.43. The van der Waals surface area contributed by atoms with Crippen molar-refractivity contribution < 1.29 is 13.9 Å². The lowest BCUT2D eigenvalue weighted by Gasteiger charge is -2.02. The van der Waals surface area contributed by atoms with E-state index in [1.807, 2.05) is 54.7 Å². The molecule has 0 N–H and O–H groups in total. The van der Waals surface area contributed by atoms with Gasteiger partial charge in [0.1, 0.15) is 11.3 Å². The Bertz CT molecular complexity index is 1580. The van der Waals surface area contributed by atoms with E-state index in [2.05, 4.69) is 4.99 Å². The second-order valence-electron chi connectivity index (χ2n) is 7.72. The van der Waals surface area contributed by atoms with Crippen LogP contribution >= 0.6 is 0 Å². The minimum absolute atomic E-state index is 0.315. The summed E-state index contributed by atoms with van der Waals surface area (Å²) in [6.07, 6.45) is 3.46. The van der Waals surface area contributed by atoms with Crippen molar-refractivity contribution >= 4 is 28.8 Å². The Morgan fingerprint density at radius 2 is 1.77 bits per heavy atom. The Labute approximate surface area is 200 Å². The number of aromatic nitrogens is 2. The van der Waals surface area contributed by atoms with E-state index in [0.29, 0.717) is 40.3 Å². The molecule has 0 unspecified atom stereocenters. The number of rotatable bonds is 6. The van der Waals surface area contributed by atoms with Gasteiger partial charge in [-0.3, -0.25) is 4.99 Å². The van der Waals surface area contributed by atoms with Crippen molar-refractivity contribution in [2.45, 2.75) is 6.92 Å². The zero-order valence-corrected chi connectivity index (χ0v) is 18.9. The van der Waals surface area contributed by atoms with Crippen molar-refractivity contribution in [1.82, 2.24) is 9.78 Å². The lowest BCUT2D eigenvalue weighted by molar-refractivity contribution is 0.0526. The number of para-hydroxylation sites is 2. The van der Waals surface area contributed by atoms with Crippen LogP contribution in [0.15, 0.2) is 105 Å². The summed E-state index contributed by atoms with van der Waals surface area (Å²) in [4.78, 5) is 29.3. The molecule has 5 rings (SSSR count). The van der Waals surface area contributed by atoms with Gasteiger partial charge in [-0.2, -0.15) is 5.10 Å². The van der Waals surface area contributed by atoms with Crippen LogP contribution in [0.2, 0.25) is 0 Å². The van der Waals surface area contributed by atoms with Crippen molar-refractivity contribution in [3.05, 3.63) is 113 Å². The van der Waals surface area contributed by atoms with Crippen LogP contribution in [0.5, 0.6) is 0 Å². The summed E-state index contributed by atoms with van der Waals surface area (Å²) >= 11 is 0. The summed E-state index contributed by atoms with van der Waals surface area (Å²) in [6, 6.07) is 25.5. The minimum atomic E-state index is -0.476. The Kier molecular flexibility index (Phi) is 6.05. The first-order chi connectivity index (χ1) is 17.1. The molecule has 0 aliphatic rings. The second-order valence-corrected chi connectivity index (χ2v) is 7.72. The van der Waals surface area contributed by atoms with Gasteiger partial charge in [0.2, 0.25) is 0 Å². The number of hydrogen-bond acceptors (Lipinski definition) is 6. The molecule has 7 heteroatoms. The highest BCUT2D eigenvalue weighted by atomic mass is 16.5. The number of carbonyl (C=O) groups excluding carboxylic acids is 1. The highest BCUT2D eigenvalue weighted by molar-refractivity contribution is 5.92. The van der Waals surface area contributed by atoms with E-state index >= 15 is 0 Å². The fourth-order valence-electron chi connectivity index (χ4n) is 3.67. The number of hydrogen-bond donors (Lipinski definition) is 0. The fraction of sp³-hybridized carbons (Fsp3) is 0.0714. The highest BCUT2D eigenvalue weighted by Gasteiger charge is 2.16. The first-order valence-corrected chi connectivity index (χ1v) is 11.1. The van der Waals surface area contributed by atoms with Crippen LogP contribution < -0.4 is 5.63 Å². The van der Waals surface area contributed by atoms with Gasteiger partial charge in [0.05, 0.1) is 29.1 Å². The molecule has 0 atom stereocenters. The van der Waals surface area contributed by atoms with Crippen molar-refractivity contribution in [2.75, 3.05) is 6.61 Å². The molecule has 0 aliphatic heterocycles. The molecule has 0 saturated carbocycles. The van der Waals surface area contributed by atoms with Crippen LogP contribution in [0.1, 0.15) is 22.8 Å². The molecule has 0 saturated heterocycles. The molecule has 7 nitrogen and oxygen atoms in total. The predicted octanol–water partition coefficient (Wildman–Crippen LogP) is 5.57. The van der Waals surface area contributed by atoms with E-state index in [-0.39, 0.29) is 5.97 Å². The largest absolute Gasteiger partial charge is 0.462 e. The van der Waals surface area contributed by atoms with Gasteiger partial charge in [-0.15, -0.1) is 0 Å². The third kappa shape index (κ3) is 4.65. The van der Waals surface area contributed by atoms with E-state index in [1.165, 1.54) is 0 Å². The van der Waals surface area contributed by atoms with Crippen LogP contribution in [-0.2, 0) is 4.74 Å². The number of fused-ring (bicyclic) bond motifs is 1. The monoisotopic (exact) mass is 463 g/mol. The maximum absolute atomic E-state index is 12.9. The SMILES string of the molecule is CCOC(=O)c1ccc(N=Cc2cn(-c3ccccc3)nc2-c2cc3ccccc3oc2=O)cc1. The summed E-state index contributed by atoms with van der Waals surface area (Å²) in [5.74, 6) is -0.377. The van der Waals surface area contributed by atoms with E-state index in [1.54, 1.807) is 54.2 Å². The Hall–Kier alpha value is -4.78. The summed E-state index contributed by atoms with van der Waals surface area (Å²) in [7, 11) is 0. The molecule has 35 heavy (non-hydrogen) atoms. The Morgan fingerprint density at radius 3 is 2.54 bits per heavy atom. The molecule has 0 radical (unpaired) electrons. The lowest BCUT2D eigenvalue weighted by Crippen LogP contribution is -2.05. The third-order valence-corrected chi connectivity index (χ3v) is 5.39. The predicted molar refractivity (Wildman–Crippen MR) is 135 cm³/mol. The van der Waals surface area contributed by atoms with E-state index in [9.17, 15) is 9.59 Å². The van der Waals surface area contributed by atoms with E-state index < -0.39 is 5.63 Å². The quantitative estimate of drug-likeness (QED) is 0.187. The van der Waals surface area contributed by atoms with Crippen LogP contribution in [0.3, 0.4) is 0 Å². The molecular weight excluding hydrogens is 442 g/mol. The van der Waals surface area contributed by atoms with E-state index in [4.69, 9.17) is 14.3 Å². The zero-order chi connectivity index (χ0) is 24.2. The van der Waals surface area contributed by atoms with Crippen molar-refractivity contribution in [3.8, 4) is 16.9 Å². The van der Waals surface area contributed by atoms with Gasteiger partial charge in [-0.25, -0.2) is 14.3 Å². The normalized spacial score (nSPS) is 11.2. The molecule has 2 heterocycles. The average Bonchev–Trinajstić information content (AvgIpc) is 3.32. The molecule has 0 bridgehead atoms. The highest BCUT2D eigenvalue weighted by Crippen LogP contribution is 2.24. The molecule has 0 amide bonds. The maximum Gasteiger partial charge on any atom is 0.345 e. The number of nitrogens with zero attached hydrogens (tertiary/aromatic N) is 3. The maximum atomic E-state index is 12.9. The number of ether oxygens (including phenoxy) is 1. The van der Waals surface area contributed by atoms with Crippen LogP contribution in [-0.4, -0.2) is 28.6 Å². The van der Waals surface area contributed by atoms with Gasteiger partial charge in [-0.05, 0) is 55.5 Å². The summed E-state index contributed by atoms with van der Waals surface area (Å²) in [6.45, 7) is 2.08. The first kappa shape index (κ1) is 22.0.